The van der Waals surface area contributed by atoms with Crippen molar-refractivity contribution in [1.82, 2.24) is 24.9 Å². The molecule has 126 valence electrons. The lowest BCUT2D eigenvalue weighted by atomic mass is 10.0. The summed E-state index contributed by atoms with van der Waals surface area (Å²) >= 11 is 0. The number of aryl methyl sites for hydroxylation is 1. The first-order valence-electron chi connectivity index (χ1n) is 8.19. The Bertz CT molecular complexity index is 1320. The highest BCUT2D eigenvalue weighted by molar-refractivity contribution is 6.14. The first-order valence-corrected chi connectivity index (χ1v) is 8.19. The van der Waals surface area contributed by atoms with Gasteiger partial charge in [-0.05, 0) is 19.1 Å². The molecule has 0 unspecified atom stereocenters. The van der Waals surface area contributed by atoms with Crippen LogP contribution in [0.4, 0.5) is 11.8 Å². The molecule has 5 rings (SSSR count). The number of nitrogens with zero attached hydrogens (tertiary/aromatic N) is 4. The SMILES string of the molecule is Cc1nc2nc(N)nc(N)c2nc1-c1cccc2[nH]c3ccccc3c12. The van der Waals surface area contributed by atoms with Gasteiger partial charge in [0.1, 0.15) is 0 Å². The van der Waals surface area contributed by atoms with Crippen LogP contribution in [0.1, 0.15) is 5.69 Å². The van der Waals surface area contributed by atoms with Gasteiger partial charge in [-0.2, -0.15) is 9.97 Å². The van der Waals surface area contributed by atoms with Gasteiger partial charge in [0.15, 0.2) is 17.0 Å². The number of H-pyrrole nitrogens is 1. The lowest BCUT2D eigenvalue weighted by Crippen LogP contribution is -2.05. The first-order chi connectivity index (χ1) is 12.6. The molecule has 2 aromatic carbocycles. The van der Waals surface area contributed by atoms with Gasteiger partial charge < -0.3 is 16.5 Å². The van der Waals surface area contributed by atoms with Crippen molar-refractivity contribution >= 4 is 44.7 Å². The summed E-state index contributed by atoms with van der Waals surface area (Å²) in [6.45, 7) is 1.91. The standard InChI is InChI=1S/C19H15N7/c1-9-15(24-16-17(20)25-19(21)26-18(16)22-9)11-6-4-8-13-14(11)10-5-2-3-7-12(10)23-13/h2-8,23H,1H3,(H4,20,21,22,25,26). The van der Waals surface area contributed by atoms with Crippen LogP contribution in [0, 0.1) is 6.92 Å². The molecule has 0 aliphatic rings. The van der Waals surface area contributed by atoms with Gasteiger partial charge in [-0.25, -0.2) is 9.97 Å². The molecule has 0 aliphatic heterocycles. The van der Waals surface area contributed by atoms with Crippen LogP contribution in [0.2, 0.25) is 0 Å². The summed E-state index contributed by atoms with van der Waals surface area (Å²) in [6, 6.07) is 14.3. The average Bonchev–Trinajstić information content (AvgIpc) is 3.00. The number of nitrogens with one attached hydrogen (secondary N) is 1. The summed E-state index contributed by atoms with van der Waals surface area (Å²) in [4.78, 5) is 20.9. The predicted octanol–water partition coefficient (Wildman–Crippen LogP) is 3.19. The summed E-state index contributed by atoms with van der Waals surface area (Å²) in [7, 11) is 0. The molecule has 0 spiro atoms. The lowest BCUT2D eigenvalue weighted by molar-refractivity contribution is 1.12. The van der Waals surface area contributed by atoms with Crippen LogP contribution >= 0.6 is 0 Å². The zero-order valence-electron chi connectivity index (χ0n) is 14.0. The van der Waals surface area contributed by atoms with Crippen molar-refractivity contribution in [2.45, 2.75) is 6.92 Å². The van der Waals surface area contributed by atoms with E-state index in [0.29, 0.717) is 11.2 Å². The Morgan fingerprint density at radius 2 is 1.65 bits per heavy atom. The van der Waals surface area contributed by atoms with Crippen molar-refractivity contribution in [3.05, 3.63) is 48.2 Å². The molecule has 3 heterocycles. The average molecular weight is 341 g/mol. The van der Waals surface area contributed by atoms with E-state index in [1.165, 1.54) is 0 Å². The molecular weight excluding hydrogens is 326 g/mol. The molecular formula is C19H15N7. The third-order valence-electron chi connectivity index (χ3n) is 4.54. The quantitative estimate of drug-likeness (QED) is 0.431. The molecule has 26 heavy (non-hydrogen) atoms. The van der Waals surface area contributed by atoms with Gasteiger partial charge in [0.05, 0.1) is 11.4 Å². The Labute approximate surface area is 148 Å². The van der Waals surface area contributed by atoms with Crippen molar-refractivity contribution in [3.63, 3.8) is 0 Å². The zero-order valence-corrected chi connectivity index (χ0v) is 14.0. The van der Waals surface area contributed by atoms with Crippen LogP contribution in [0.3, 0.4) is 0 Å². The largest absolute Gasteiger partial charge is 0.382 e. The molecule has 5 N–H and O–H groups in total. The summed E-state index contributed by atoms with van der Waals surface area (Å²) < 4.78 is 0. The van der Waals surface area contributed by atoms with Crippen LogP contribution < -0.4 is 11.5 Å². The number of hydrogen-bond donors (Lipinski definition) is 3. The fourth-order valence-corrected chi connectivity index (χ4v) is 3.42. The molecule has 0 bridgehead atoms. The third kappa shape index (κ3) is 2.00. The second-order valence-corrected chi connectivity index (χ2v) is 6.20. The molecule has 5 aromatic rings. The van der Waals surface area contributed by atoms with Crippen molar-refractivity contribution < 1.29 is 0 Å². The molecule has 0 amide bonds. The van der Waals surface area contributed by atoms with Gasteiger partial charge in [0.25, 0.3) is 0 Å². The highest BCUT2D eigenvalue weighted by Gasteiger charge is 2.16. The van der Waals surface area contributed by atoms with E-state index in [-0.39, 0.29) is 11.8 Å². The topological polar surface area (TPSA) is 119 Å². The van der Waals surface area contributed by atoms with Crippen LogP contribution in [-0.4, -0.2) is 24.9 Å². The Morgan fingerprint density at radius 1 is 0.846 bits per heavy atom. The van der Waals surface area contributed by atoms with E-state index in [4.69, 9.17) is 16.5 Å². The summed E-state index contributed by atoms with van der Waals surface area (Å²) in [6.07, 6.45) is 0. The number of benzene rings is 2. The van der Waals surface area contributed by atoms with E-state index in [9.17, 15) is 0 Å². The van der Waals surface area contributed by atoms with Gasteiger partial charge in [0, 0.05) is 27.4 Å². The van der Waals surface area contributed by atoms with Gasteiger partial charge in [-0.15, -0.1) is 0 Å². The molecule has 7 heteroatoms. The summed E-state index contributed by atoms with van der Waals surface area (Å²) in [5.74, 6) is 0.322. The number of hydrogen-bond acceptors (Lipinski definition) is 6. The molecule has 0 fully saturated rings. The highest BCUT2D eigenvalue weighted by Crippen LogP contribution is 2.35. The summed E-state index contributed by atoms with van der Waals surface area (Å²) in [5.41, 5.74) is 17.2. The molecule has 7 nitrogen and oxygen atoms in total. The minimum absolute atomic E-state index is 0.0928. The van der Waals surface area contributed by atoms with Crippen LogP contribution in [-0.2, 0) is 0 Å². The molecule has 3 aromatic heterocycles. The number of nitrogens with two attached hydrogens (primary N) is 2. The monoisotopic (exact) mass is 341 g/mol. The van der Waals surface area contributed by atoms with Gasteiger partial charge in [-0.3, -0.25) is 0 Å². The van der Waals surface area contributed by atoms with Crippen LogP contribution in [0.5, 0.6) is 0 Å². The number of anilines is 2. The Kier molecular flexibility index (Phi) is 2.88. The minimum atomic E-state index is 0.0928. The Hall–Kier alpha value is -3.74. The molecule has 0 radical (unpaired) electrons. The maximum absolute atomic E-state index is 6.00. The number of nitrogen functional groups attached to an aromatic ring is 2. The van der Waals surface area contributed by atoms with Crippen molar-refractivity contribution in [3.8, 4) is 11.3 Å². The van der Waals surface area contributed by atoms with E-state index in [1.807, 2.05) is 31.2 Å². The predicted molar refractivity (Wildman–Crippen MR) is 103 cm³/mol. The van der Waals surface area contributed by atoms with Gasteiger partial charge >= 0.3 is 0 Å². The number of fused-ring (bicyclic) bond motifs is 4. The van der Waals surface area contributed by atoms with Crippen LogP contribution in [0.15, 0.2) is 42.5 Å². The van der Waals surface area contributed by atoms with E-state index in [2.05, 4.69) is 38.1 Å². The lowest BCUT2D eigenvalue weighted by Gasteiger charge is -2.09. The van der Waals surface area contributed by atoms with Gasteiger partial charge in [0.2, 0.25) is 5.95 Å². The Morgan fingerprint density at radius 3 is 2.54 bits per heavy atom. The third-order valence-corrected chi connectivity index (χ3v) is 4.54. The molecule has 0 aliphatic carbocycles. The normalized spacial score (nSPS) is 11.6. The van der Waals surface area contributed by atoms with E-state index in [0.717, 1.165) is 38.8 Å². The summed E-state index contributed by atoms with van der Waals surface area (Å²) in [5, 5.41) is 2.25. The maximum atomic E-state index is 6.00. The molecule has 0 saturated heterocycles. The Balaban J connectivity index is 1.89. The second kappa shape index (κ2) is 5.13. The maximum Gasteiger partial charge on any atom is 0.224 e. The van der Waals surface area contributed by atoms with E-state index in [1.54, 1.807) is 0 Å². The first kappa shape index (κ1) is 14.6. The number of rotatable bonds is 1. The number of aromatic amines is 1. The number of para-hydroxylation sites is 1. The van der Waals surface area contributed by atoms with Crippen LogP contribution in [0.25, 0.3) is 44.2 Å². The van der Waals surface area contributed by atoms with Crippen molar-refractivity contribution in [2.75, 3.05) is 11.5 Å². The minimum Gasteiger partial charge on any atom is -0.382 e. The van der Waals surface area contributed by atoms with Crippen molar-refractivity contribution in [1.29, 1.82) is 0 Å². The molecule has 0 atom stereocenters. The highest BCUT2D eigenvalue weighted by atomic mass is 15.1. The molecule has 0 saturated carbocycles. The zero-order chi connectivity index (χ0) is 17.8. The van der Waals surface area contributed by atoms with E-state index >= 15 is 0 Å². The fraction of sp³-hybridized carbons (Fsp3) is 0.0526. The second-order valence-electron chi connectivity index (χ2n) is 6.20. The van der Waals surface area contributed by atoms with Gasteiger partial charge in [-0.1, -0.05) is 30.3 Å². The number of aromatic nitrogens is 5. The van der Waals surface area contributed by atoms with E-state index < -0.39 is 0 Å². The fourth-order valence-electron chi connectivity index (χ4n) is 3.42. The van der Waals surface area contributed by atoms with Crippen molar-refractivity contribution in [2.24, 2.45) is 0 Å². The smallest absolute Gasteiger partial charge is 0.224 e.